The lowest BCUT2D eigenvalue weighted by Crippen LogP contribution is -2.49. The quantitative estimate of drug-likeness (QED) is 0.730. The van der Waals surface area contributed by atoms with E-state index in [2.05, 4.69) is 4.98 Å². The van der Waals surface area contributed by atoms with Crippen LogP contribution in [-0.4, -0.2) is 47.7 Å². The lowest BCUT2D eigenvalue weighted by Gasteiger charge is -2.42. The molecule has 2 aromatic rings. The maximum absolute atomic E-state index is 12.5. The molecule has 6 heteroatoms. The van der Waals surface area contributed by atoms with Gasteiger partial charge >= 0.3 is 0 Å². The molecule has 1 spiro atoms. The SMILES string of the molecule is O=C(c1ccco1)N1CCC2(CC1)OCCC2CCOCc1cccnc1. The molecule has 144 valence electrons. The molecule has 0 aromatic carbocycles. The Morgan fingerprint density at radius 1 is 1.30 bits per heavy atom. The Morgan fingerprint density at radius 2 is 2.19 bits per heavy atom. The van der Waals surface area contributed by atoms with E-state index in [0.29, 0.717) is 31.4 Å². The highest BCUT2D eigenvalue weighted by molar-refractivity contribution is 5.91. The summed E-state index contributed by atoms with van der Waals surface area (Å²) in [6.45, 7) is 3.55. The lowest BCUT2D eigenvalue weighted by molar-refractivity contribution is -0.0677. The normalized spacial score (nSPS) is 21.6. The van der Waals surface area contributed by atoms with Crippen molar-refractivity contribution >= 4 is 5.91 Å². The third kappa shape index (κ3) is 4.06. The van der Waals surface area contributed by atoms with Gasteiger partial charge in [0.1, 0.15) is 0 Å². The largest absolute Gasteiger partial charge is 0.459 e. The number of furan rings is 1. The molecule has 2 aromatic heterocycles. The second-order valence-corrected chi connectivity index (χ2v) is 7.37. The van der Waals surface area contributed by atoms with Crippen LogP contribution in [0.2, 0.25) is 0 Å². The van der Waals surface area contributed by atoms with E-state index >= 15 is 0 Å². The maximum Gasteiger partial charge on any atom is 0.289 e. The summed E-state index contributed by atoms with van der Waals surface area (Å²) in [4.78, 5) is 18.4. The van der Waals surface area contributed by atoms with E-state index in [0.717, 1.165) is 44.5 Å². The molecule has 1 atom stereocenters. The monoisotopic (exact) mass is 370 g/mol. The molecule has 0 saturated carbocycles. The third-order valence-electron chi connectivity index (χ3n) is 5.83. The van der Waals surface area contributed by atoms with E-state index in [1.165, 1.54) is 0 Å². The molecule has 2 fully saturated rings. The summed E-state index contributed by atoms with van der Waals surface area (Å²) in [5.74, 6) is 0.884. The summed E-state index contributed by atoms with van der Waals surface area (Å²) in [6.07, 6.45) is 8.98. The molecule has 0 radical (unpaired) electrons. The van der Waals surface area contributed by atoms with Crippen molar-refractivity contribution in [2.45, 2.75) is 37.9 Å². The first-order chi connectivity index (χ1) is 13.3. The molecule has 4 heterocycles. The fraction of sp³-hybridized carbons (Fsp3) is 0.524. The molecule has 0 bridgehead atoms. The van der Waals surface area contributed by atoms with E-state index in [9.17, 15) is 4.79 Å². The fourth-order valence-electron chi connectivity index (χ4n) is 4.29. The summed E-state index contributed by atoms with van der Waals surface area (Å²) in [6, 6.07) is 7.43. The van der Waals surface area contributed by atoms with Crippen LogP contribution in [0.25, 0.3) is 0 Å². The number of carbonyl (C=O) groups is 1. The number of hydrogen-bond acceptors (Lipinski definition) is 5. The summed E-state index contributed by atoms with van der Waals surface area (Å²) in [5, 5.41) is 0. The average molecular weight is 370 g/mol. The van der Waals surface area contributed by atoms with E-state index in [-0.39, 0.29) is 11.5 Å². The molecule has 2 aliphatic rings. The smallest absolute Gasteiger partial charge is 0.289 e. The Balaban J connectivity index is 1.26. The molecule has 1 amide bonds. The minimum atomic E-state index is -0.0996. The Hall–Kier alpha value is -2.18. The number of hydrogen-bond donors (Lipinski definition) is 0. The van der Waals surface area contributed by atoms with E-state index in [4.69, 9.17) is 13.9 Å². The average Bonchev–Trinajstić information content (AvgIpc) is 3.37. The molecule has 2 aliphatic heterocycles. The summed E-state index contributed by atoms with van der Waals surface area (Å²) in [7, 11) is 0. The van der Waals surface area contributed by atoms with Gasteiger partial charge < -0.3 is 18.8 Å². The molecule has 6 nitrogen and oxygen atoms in total. The zero-order valence-corrected chi connectivity index (χ0v) is 15.5. The van der Waals surface area contributed by atoms with Crippen molar-refractivity contribution in [3.63, 3.8) is 0 Å². The van der Waals surface area contributed by atoms with E-state index < -0.39 is 0 Å². The molecule has 0 N–H and O–H groups in total. The lowest BCUT2D eigenvalue weighted by atomic mass is 9.78. The molecule has 2 saturated heterocycles. The van der Waals surface area contributed by atoms with Crippen molar-refractivity contribution in [3.05, 3.63) is 54.2 Å². The van der Waals surface area contributed by atoms with Gasteiger partial charge in [-0.05, 0) is 55.4 Å². The molecular formula is C21H26N2O4. The zero-order valence-electron chi connectivity index (χ0n) is 15.5. The van der Waals surface area contributed by atoms with Crippen LogP contribution in [0, 0.1) is 5.92 Å². The molecule has 1 unspecified atom stereocenters. The number of ether oxygens (including phenoxy) is 2. The van der Waals surface area contributed by atoms with Crippen LogP contribution >= 0.6 is 0 Å². The highest BCUT2D eigenvalue weighted by atomic mass is 16.5. The van der Waals surface area contributed by atoms with Gasteiger partial charge in [0.25, 0.3) is 5.91 Å². The minimum absolute atomic E-state index is 0.0239. The van der Waals surface area contributed by atoms with Gasteiger partial charge in [-0.15, -0.1) is 0 Å². The first-order valence-corrected chi connectivity index (χ1v) is 9.70. The summed E-state index contributed by atoms with van der Waals surface area (Å²) in [5.41, 5.74) is 0.997. The van der Waals surface area contributed by atoms with Crippen LogP contribution in [0.4, 0.5) is 0 Å². The standard InChI is InChI=1S/C21H26N2O4/c24-20(19-4-2-12-26-19)23-10-7-21(8-11-23)18(6-14-27-21)5-13-25-16-17-3-1-9-22-15-17/h1-4,9,12,15,18H,5-8,10-11,13-14,16H2. The highest BCUT2D eigenvalue weighted by Crippen LogP contribution is 2.42. The van der Waals surface area contributed by atoms with Crippen molar-refractivity contribution in [2.75, 3.05) is 26.3 Å². The Kier molecular flexibility index (Phi) is 5.55. The second-order valence-electron chi connectivity index (χ2n) is 7.37. The van der Waals surface area contributed by atoms with Crippen molar-refractivity contribution in [1.29, 1.82) is 0 Å². The number of carbonyl (C=O) groups excluding carboxylic acids is 1. The summed E-state index contributed by atoms with van der Waals surface area (Å²) < 4.78 is 17.3. The predicted molar refractivity (Wildman–Crippen MR) is 99.1 cm³/mol. The van der Waals surface area contributed by atoms with Crippen LogP contribution in [0.5, 0.6) is 0 Å². The third-order valence-corrected chi connectivity index (χ3v) is 5.83. The van der Waals surface area contributed by atoms with Gasteiger partial charge in [0.15, 0.2) is 5.76 Å². The van der Waals surface area contributed by atoms with Crippen molar-refractivity contribution < 1.29 is 18.7 Å². The van der Waals surface area contributed by atoms with Crippen LogP contribution in [0.1, 0.15) is 41.8 Å². The van der Waals surface area contributed by atoms with E-state index in [1.807, 2.05) is 23.2 Å². The number of nitrogens with zero attached hydrogens (tertiary/aromatic N) is 2. The number of rotatable bonds is 6. The van der Waals surface area contributed by atoms with Crippen LogP contribution in [0.3, 0.4) is 0 Å². The number of pyridine rings is 1. The van der Waals surface area contributed by atoms with Crippen LogP contribution < -0.4 is 0 Å². The summed E-state index contributed by atoms with van der Waals surface area (Å²) >= 11 is 0. The van der Waals surface area contributed by atoms with Gasteiger partial charge in [-0.25, -0.2) is 0 Å². The van der Waals surface area contributed by atoms with Gasteiger partial charge in [-0.2, -0.15) is 0 Å². The molecule has 0 aliphatic carbocycles. The second kappa shape index (κ2) is 8.23. The van der Waals surface area contributed by atoms with Crippen molar-refractivity contribution in [1.82, 2.24) is 9.88 Å². The number of likely N-dealkylation sites (tertiary alicyclic amines) is 1. The Labute approximate surface area is 159 Å². The zero-order chi connectivity index (χ0) is 18.5. The van der Waals surface area contributed by atoms with Gasteiger partial charge in [0.05, 0.1) is 18.5 Å². The van der Waals surface area contributed by atoms with Crippen molar-refractivity contribution in [3.8, 4) is 0 Å². The van der Waals surface area contributed by atoms with Gasteiger partial charge in [-0.1, -0.05) is 6.07 Å². The number of aromatic nitrogens is 1. The topological polar surface area (TPSA) is 64.8 Å². The number of amides is 1. The predicted octanol–water partition coefficient (Wildman–Crippen LogP) is 3.29. The van der Waals surface area contributed by atoms with Crippen molar-refractivity contribution in [2.24, 2.45) is 5.92 Å². The van der Waals surface area contributed by atoms with Gasteiger partial charge in [0, 0.05) is 38.7 Å². The maximum atomic E-state index is 12.5. The fourth-order valence-corrected chi connectivity index (χ4v) is 4.29. The first-order valence-electron chi connectivity index (χ1n) is 9.70. The first kappa shape index (κ1) is 18.2. The highest BCUT2D eigenvalue weighted by Gasteiger charge is 2.46. The van der Waals surface area contributed by atoms with Crippen LogP contribution in [0.15, 0.2) is 47.3 Å². The van der Waals surface area contributed by atoms with Crippen LogP contribution in [-0.2, 0) is 16.1 Å². The van der Waals surface area contributed by atoms with Gasteiger partial charge in [0.2, 0.25) is 0 Å². The van der Waals surface area contributed by atoms with E-state index in [1.54, 1.807) is 24.6 Å². The molecule has 27 heavy (non-hydrogen) atoms. The molecular weight excluding hydrogens is 344 g/mol. The Bertz CT molecular complexity index is 724. The minimum Gasteiger partial charge on any atom is -0.459 e. The Morgan fingerprint density at radius 3 is 2.93 bits per heavy atom. The number of piperidine rings is 1. The van der Waals surface area contributed by atoms with Gasteiger partial charge in [-0.3, -0.25) is 9.78 Å². The molecule has 4 rings (SSSR count).